The average Bonchev–Trinajstić information content (AvgIpc) is 3.12. The summed E-state index contributed by atoms with van der Waals surface area (Å²) in [5.74, 6) is 0. The van der Waals surface area contributed by atoms with Gasteiger partial charge in [-0.15, -0.1) is 0 Å². The van der Waals surface area contributed by atoms with Crippen molar-refractivity contribution in [2.75, 3.05) is 0 Å². The molecule has 5 nitrogen and oxygen atoms in total. The van der Waals surface area contributed by atoms with Crippen molar-refractivity contribution in [2.24, 2.45) is 7.05 Å². The van der Waals surface area contributed by atoms with E-state index < -0.39 is 0 Å². The van der Waals surface area contributed by atoms with Crippen molar-refractivity contribution in [3.63, 3.8) is 0 Å². The maximum absolute atomic E-state index is 8.85. The number of aryl methyl sites for hydroxylation is 1. The van der Waals surface area contributed by atoms with Gasteiger partial charge in [-0.2, -0.15) is 5.26 Å². The number of thiazole rings is 1. The van der Waals surface area contributed by atoms with Crippen LogP contribution in [0, 0.1) is 11.3 Å². The molecule has 0 aliphatic carbocycles. The number of hydrogen-bond acceptors (Lipinski definition) is 5. The molecule has 112 valence electrons. The number of hydrogen-bond donors (Lipinski definition) is 0. The molecule has 0 atom stereocenters. The Morgan fingerprint density at radius 2 is 2.17 bits per heavy atom. The molecule has 0 fully saturated rings. The Kier molecular flexibility index (Phi) is 3.26. The molecular weight excluding hydrogens is 330 g/mol. The summed E-state index contributed by atoms with van der Waals surface area (Å²) in [5.41, 5.74) is 4.30. The second kappa shape index (κ2) is 5.30. The van der Waals surface area contributed by atoms with Crippen molar-refractivity contribution in [3.05, 3.63) is 41.3 Å². The molecule has 0 unspecified atom stereocenters. The van der Waals surface area contributed by atoms with Crippen LogP contribution in [0.2, 0.25) is 5.15 Å². The minimum atomic E-state index is 0.384. The van der Waals surface area contributed by atoms with E-state index in [0.29, 0.717) is 17.1 Å². The molecule has 7 heteroatoms. The van der Waals surface area contributed by atoms with Crippen LogP contribution in [-0.4, -0.2) is 19.5 Å². The van der Waals surface area contributed by atoms with Gasteiger partial charge in [0.15, 0.2) is 5.15 Å². The van der Waals surface area contributed by atoms with Crippen LogP contribution in [-0.2, 0) is 13.5 Å². The Bertz CT molecular complexity index is 1090. The van der Waals surface area contributed by atoms with Crippen LogP contribution >= 0.6 is 22.9 Å². The maximum atomic E-state index is 8.85. The minimum Gasteiger partial charge on any atom is -0.332 e. The molecule has 0 spiro atoms. The van der Waals surface area contributed by atoms with E-state index in [-0.39, 0.29) is 0 Å². The fourth-order valence-corrected chi connectivity index (χ4v) is 3.79. The van der Waals surface area contributed by atoms with E-state index in [2.05, 4.69) is 16.0 Å². The summed E-state index contributed by atoms with van der Waals surface area (Å²) in [7, 11) is 1.91. The highest BCUT2D eigenvalue weighted by Gasteiger charge is 2.16. The zero-order chi connectivity index (χ0) is 16.0. The summed E-state index contributed by atoms with van der Waals surface area (Å²) in [6, 6.07) is 10.0. The molecule has 4 aromatic rings. The van der Waals surface area contributed by atoms with Crippen LogP contribution in [0.5, 0.6) is 0 Å². The van der Waals surface area contributed by atoms with Crippen molar-refractivity contribution in [1.29, 1.82) is 5.26 Å². The van der Waals surface area contributed by atoms with Gasteiger partial charge in [-0.25, -0.2) is 15.0 Å². The van der Waals surface area contributed by atoms with Crippen LogP contribution < -0.4 is 0 Å². The number of halogens is 1. The average molecular weight is 340 g/mol. The van der Waals surface area contributed by atoms with Crippen molar-refractivity contribution in [2.45, 2.75) is 6.42 Å². The fourth-order valence-electron chi connectivity index (χ4n) is 2.57. The lowest BCUT2D eigenvalue weighted by Crippen LogP contribution is -1.88. The highest BCUT2D eigenvalue weighted by atomic mass is 35.5. The smallest absolute Gasteiger partial charge is 0.158 e. The summed E-state index contributed by atoms with van der Waals surface area (Å²) in [6.45, 7) is 0. The molecule has 0 bridgehead atoms. The zero-order valence-corrected chi connectivity index (χ0v) is 13.7. The SMILES string of the molecule is Cn1cnc2c(Cl)nc3sc(-c4cccc(CC#N)c4)nc3c21. The predicted molar refractivity (Wildman–Crippen MR) is 91.5 cm³/mol. The van der Waals surface area contributed by atoms with Crippen molar-refractivity contribution in [3.8, 4) is 16.6 Å². The summed E-state index contributed by atoms with van der Waals surface area (Å²) < 4.78 is 1.90. The normalized spacial score (nSPS) is 11.2. The molecule has 0 radical (unpaired) electrons. The third kappa shape index (κ3) is 2.25. The van der Waals surface area contributed by atoms with E-state index in [9.17, 15) is 0 Å². The largest absolute Gasteiger partial charge is 0.332 e. The molecule has 0 N–H and O–H groups in total. The lowest BCUT2D eigenvalue weighted by Gasteiger charge is -1.98. The van der Waals surface area contributed by atoms with E-state index in [1.807, 2.05) is 35.9 Å². The highest BCUT2D eigenvalue weighted by molar-refractivity contribution is 7.21. The standard InChI is InChI=1S/C16H10ClN5S/c1-22-8-19-11-13(22)12-16(21-14(11)17)23-15(20-12)10-4-2-3-9(7-10)5-6-18/h2-4,7-8H,5H2,1H3. The Hall–Kier alpha value is -2.49. The number of nitrogens with zero attached hydrogens (tertiary/aromatic N) is 5. The van der Waals surface area contributed by atoms with Gasteiger partial charge in [0.1, 0.15) is 26.4 Å². The van der Waals surface area contributed by atoms with Crippen LogP contribution in [0.4, 0.5) is 0 Å². The lowest BCUT2D eigenvalue weighted by molar-refractivity contribution is 0.949. The van der Waals surface area contributed by atoms with Gasteiger partial charge < -0.3 is 4.57 Å². The summed E-state index contributed by atoms with van der Waals surface area (Å²) in [6.07, 6.45) is 2.10. The molecule has 0 saturated carbocycles. The fraction of sp³-hybridized carbons (Fsp3) is 0.125. The molecular formula is C16H10ClN5S. The number of imidazole rings is 1. The quantitative estimate of drug-likeness (QED) is 0.518. The summed E-state index contributed by atoms with van der Waals surface area (Å²) >= 11 is 7.71. The topological polar surface area (TPSA) is 67.4 Å². The van der Waals surface area contributed by atoms with Gasteiger partial charge >= 0.3 is 0 Å². The first-order valence-electron chi connectivity index (χ1n) is 6.90. The van der Waals surface area contributed by atoms with E-state index in [4.69, 9.17) is 21.8 Å². The van der Waals surface area contributed by atoms with E-state index >= 15 is 0 Å². The van der Waals surface area contributed by atoms with Crippen LogP contribution in [0.25, 0.3) is 32.0 Å². The molecule has 0 saturated heterocycles. The maximum Gasteiger partial charge on any atom is 0.158 e. The molecule has 0 aliphatic heterocycles. The van der Waals surface area contributed by atoms with E-state index in [1.165, 1.54) is 11.3 Å². The molecule has 3 aromatic heterocycles. The van der Waals surface area contributed by atoms with Gasteiger partial charge in [0.2, 0.25) is 0 Å². The zero-order valence-electron chi connectivity index (χ0n) is 12.1. The summed E-state index contributed by atoms with van der Waals surface area (Å²) in [4.78, 5) is 14.2. The molecule has 4 rings (SSSR count). The Balaban J connectivity index is 1.96. The lowest BCUT2D eigenvalue weighted by atomic mass is 10.1. The van der Waals surface area contributed by atoms with Gasteiger partial charge in [0.05, 0.1) is 18.8 Å². The molecule has 0 amide bonds. The molecule has 23 heavy (non-hydrogen) atoms. The number of nitriles is 1. The molecule has 3 heterocycles. The Labute approximate surface area is 140 Å². The first kappa shape index (κ1) is 14.1. The third-order valence-electron chi connectivity index (χ3n) is 3.62. The monoisotopic (exact) mass is 339 g/mol. The number of aromatic nitrogens is 4. The van der Waals surface area contributed by atoms with Crippen molar-refractivity contribution >= 4 is 44.3 Å². The van der Waals surface area contributed by atoms with Crippen molar-refractivity contribution in [1.82, 2.24) is 19.5 Å². The van der Waals surface area contributed by atoms with Gasteiger partial charge in [-0.3, -0.25) is 0 Å². The highest BCUT2D eigenvalue weighted by Crippen LogP contribution is 2.35. The van der Waals surface area contributed by atoms with Crippen LogP contribution in [0.3, 0.4) is 0 Å². The first-order valence-corrected chi connectivity index (χ1v) is 8.10. The molecule has 1 aromatic carbocycles. The van der Waals surface area contributed by atoms with Gasteiger partial charge in [-0.05, 0) is 11.6 Å². The van der Waals surface area contributed by atoms with Crippen molar-refractivity contribution < 1.29 is 0 Å². The number of rotatable bonds is 2. The number of fused-ring (bicyclic) bond motifs is 3. The number of benzene rings is 1. The van der Waals surface area contributed by atoms with Gasteiger partial charge in [-0.1, -0.05) is 41.1 Å². The number of pyridine rings is 1. The predicted octanol–water partition coefficient (Wildman–Crippen LogP) is 3.96. The first-order chi connectivity index (χ1) is 11.2. The van der Waals surface area contributed by atoms with Gasteiger partial charge in [0, 0.05) is 12.6 Å². The van der Waals surface area contributed by atoms with Gasteiger partial charge in [0.25, 0.3) is 0 Å². The third-order valence-corrected chi connectivity index (χ3v) is 4.88. The second-order valence-corrected chi connectivity index (χ2v) is 6.50. The molecule has 0 aliphatic rings. The Morgan fingerprint density at radius 1 is 1.30 bits per heavy atom. The van der Waals surface area contributed by atoms with Crippen LogP contribution in [0.15, 0.2) is 30.6 Å². The summed E-state index contributed by atoms with van der Waals surface area (Å²) in [5, 5.41) is 10.1. The second-order valence-electron chi connectivity index (χ2n) is 5.16. The Morgan fingerprint density at radius 3 is 3.00 bits per heavy atom. The van der Waals surface area contributed by atoms with E-state index in [0.717, 1.165) is 32.0 Å². The minimum absolute atomic E-state index is 0.384. The van der Waals surface area contributed by atoms with E-state index in [1.54, 1.807) is 6.33 Å². The van der Waals surface area contributed by atoms with Crippen LogP contribution in [0.1, 0.15) is 5.56 Å².